The molecule has 8 aromatic carbocycles. The van der Waals surface area contributed by atoms with Crippen LogP contribution in [0.1, 0.15) is 11.1 Å². The second-order valence-electron chi connectivity index (χ2n) is 14.0. The van der Waals surface area contributed by atoms with Crippen LogP contribution in [-0.2, 0) is 0 Å². The summed E-state index contributed by atoms with van der Waals surface area (Å²) < 4.78 is 6.84. The molecular formula is C50H29N5. The van der Waals surface area contributed by atoms with Gasteiger partial charge in [-0.05, 0) is 90.0 Å². The van der Waals surface area contributed by atoms with Crippen molar-refractivity contribution in [3.05, 3.63) is 187 Å². The second kappa shape index (κ2) is 11.8. The summed E-state index contributed by atoms with van der Waals surface area (Å²) in [6.45, 7) is 0. The molecule has 3 aromatic heterocycles. The van der Waals surface area contributed by atoms with Gasteiger partial charge < -0.3 is 13.7 Å². The van der Waals surface area contributed by atoms with E-state index in [2.05, 4.69) is 171 Å². The summed E-state index contributed by atoms with van der Waals surface area (Å²) in [5.74, 6) is 0. The number of hydrogen-bond donors (Lipinski definition) is 0. The van der Waals surface area contributed by atoms with Crippen LogP contribution < -0.4 is 0 Å². The Morgan fingerprint density at radius 1 is 0.327 bits per heavy atom. The molecule has 0 unspecified atom stereocenters. The maximum absolute atomic E-state index is 10.5. The first-order chi connectivity index (χ1) is 27.2. The highest BCUT2D eigenvalue weighted by atomic mass is 15.0. The van der Waals surface area contributed by atoms with Crippen LogP contribution in [0.3, 0.4) is 0 Å². The van der Waals surface area contributed by atoms with Gasteiger partial charge in [-0.15, -0.1) is 0 Å². The fraction of sp³-hybridized carbons (Fsp3) is 0. The molecule has 0 N–H and O–H groups in total. The topological polar surface area (TPSA) is 62.4 Å². The lowest BCUT2D eigenvalue weighted by molar-refractivity contribution is 1.15. The molecule has 0 amide bonds. The van der Waals surface area contributed by atoms with Gasteiger partial charge in [0, 0.05) is 43.7 Å². The predicted octanol–water partition coefficient (Wildman–Crippen LogP) is 12.4. The van der Waals surface area contributed by atoms with Gasteiger partial charge in [0.1, 0.15) is 6.07 Å². The Morgan fingerprint density at radius 2 is 0.818 bits per heavy atom. The summed E-state index contributed by atoms with van der Waals surface area (Å²) in [6.07, 6.45) is 0. The fourth-order valence-corrected chi connectivity index (χ4v) is 8.68. The van der Waals surface area contributed by atoms with Crippen molar-refractivity contribution in [2.75, 3.05) is 0 Å². The van der Waals surface area contributed by atoms with Crippen LogP contribution >= 0.6 is 0 Å². The quantitative estimate of drug-likeness (QED) is 0.184. The molecular weight excluding hydrogens is 671 g/mol. The van der Waals surface area contributed by atoms with E-state index in [1.807, 2.05) is 30.3 Å². The van der Waals surface area contributed by atoms with E-state index < -0.39 is 0 Å². The highest BCUT2D eigenvalue weighted by Gasteiger charge is 2.18. The van der Waals surface area contributed by atoms with Gasteiger partial charge in [0.2, 0.25) is 0 Å². The minimum absolute atomic E-state index is 0.622. The number of hydrogen-bond acceptors (Lipinski definition) is 2. The lowest BCUT2D eigenvalue weighted by Crippen LogP contribution is -1.98. The molecule has 0 radical (unpaired) electrons. The molecule has 11 rings (SSSR count). The third kappa shape index (κ3) is 4.51. The first-order valence-electron chi connectivity index (χ1n) is 18.3. The summed E-state index contributed by atoms with van der Waals surface area (Å²) in [5, 5.41) is 27.0. The summed E-state index contributed by atoms with van der Waals surface area (Å²) in [5.41, 5.74) is 12.8. The average Bonchev–Trinajstić information content (AvgIpc) is 3.88. The lowest BCUT2D eigenvalue weighted by atomic mass is 10.0. The molecule has 0 spiro atoms. The van der Waals surface area contributed by atoms with Crippen LogP contribution in [0.5, 0.6) is 0 Å². The molecule has 5 heteroatoms. The summed E-state index contributed by atoms with van der Waals surface area (Å²) in [7, 11) is 0. The summed E-state index contributed by atoms with van der Waals surface area (Å²) in [6, 6.07) is 66.0. The molecule has 0 saturated carbocycles. The maximum Gasteiger partial charge on any atom is 0.101 e. The fourth-order valence-electron chi connectivity index (χ4n) is 8.68. The molecule has 11 aromatic rings. The number of fused-ring (bicyclic) bond motifs is 9. The Balaban J connectivity index is 1.04. The number of benzene rings is 8. The SMILES string of the molecule is N#Cc1ccc2c(c1)c1ccccc1n2-c1ccc2c3ccccc3n(-c3ccc(-c4ccc(-n5c6ccccc6c6ccccc65)c(C#N)c4)cc3)c2c1. The molecule has 55 heavy (non-hydrogen) atoms. The maximum atomic E-state index is 10.5. The zero-order valence-electron chi connectivity index (χ0n) is 29.5. The van der Waals surface area contributed by atoms with Gasteiger partial charge in [0.05, 0.1) is 56.0 Å². The summed E-state index contributed by atoms with van der Waals surface area (Å²) in [4.78, 5) is 0. The van der Waals surface area contributed by atoms with E-state index in [1.165, 1.54) is 21.5 Å². The van der Waals surface area contributed by atoms with Crippen molar-refractivity contribution in [3.8, 4) is 40.3 Å². The van der Waals surface area contributed by atoms with Crippen molar-refractivity contribution in [3.63, 3.8) is 0 Å². The number of nitriles is 2. The van der Waals surface area contributed by atoms with Gasteiger partial charge in [-0.3, -0.25) is 0 Å². The van der Waals surface area contributed by atoms with E-state index in [9.17, 15) is 10.5 Å². The van der Waals surface area contributed by atoms with Crippen molar-refractivity contribution in [1.82, 2.24) is 13.7 Å². The van der Waals surface area contributed by atoms with Crippen LogP contribution in [0.15, 0.2) is 176 Å². The minimum Gasteiger partial charge on any atom is -0.309 e. The first-order valence-corrected chi connectivity index (χ1v) is 18.3. The van der Waals surface area contributed by atoms with Gasteiger partial charge in [-0.25, -0.2) is 0 Å². The van der Waals surface area contributed by atoms with Crippen molar-refractivity contribution >= 4 is 65.4 Å². The normalized spacial score (nSPS) is 11.6. The predicted molar refractivity (Wildman–Crippen MR) is 224 cm³/mol. The third-order valence-corrected chi connectivity index (χ3v) is 11.1. The van der Waals surface area contributed by atoms with E-state index >= 15 is 0 Å². The standard InChI is InChI=1S/C50H29N5/c51-30-32-17-25-49-43(27-32)41-12-4-6-14-46(41)54(49)37-23-24-42-40-11-1-5-13-45(40)53(50(42)29-37)36-21-18-33(19-22-36)34-20-26-44(35(28-34)31-52)55-47-15-7-2-9-38(47)39-10-3-8-16-48(39)55/h1-29H. The van der Waals surface area contributed by atoms with E-state index in [-0.39, 0.29) is 0 Å². The number of aromatic nitrogens is 3. The molecule has 3 heterocycles. The van der Waals surface area contributed by atoms with Crippen molar-refractivity contribution < 1.29 is 0 Å². The lowest BCUT2D eigenvalue weighted by Gasteiger charge is -2.13. The molecule has 0 aliphatic heterocycles. The zero-order chi connectivity index (χ0) is 36.6. The molecule has 0 bridgehead atoms. The van der Waals surface area contributed by atoms with Crippen molar-refractivity contribution in [2.45, 2.75) is 0 Å². The molecule has 5 nitrogen and oxygen atoms in total. The van der Waals surface area contributed by atoms with Crippen LogP contribution in [0.2, 0.25) is 0 Å². The minimum atomic E-state index is 0.622. The third-order valence-electron chi connectivity index (χ3n) is 11.1. The van der Waals surface area contributed by atoms with Gasteiger partial charge >= 0.3 is 0 Å². The van der Waals surface area contributed by atoms with E-state index in [0.717, 1.165) is 72.1 Å². The molecule has 0 atom stereocenters. The average molecular weight is 700 g/mol. The van der Waals surface area contributed by atoms with Crippen LogP contribution in [0, 0.1) is 22.7 Å². The van der Waals surface area contributed by atoms with Crippen LogP contribution in [0.25, 0.3) is 93.6 Å². The molecule has 0 saturated heterocycles. The highest BCUT2D eigenvalue weighted by molar-refractivity contribution is 6.12. The highest BCUT2D eigenvalue weighted by Crippen LogP contribution is 2.38. The van der Waals surface area contributed by atoms with Crippen LogP contribution in [-0.4, -0.2) is 13.7 Å². The number of nitrogens with zero attached hydrogens (tertiary/aromatic N) is 5. The Labute approximate surface area is 316 Å². The number of para-hydroxylation sites is 4. The Hall–Kier alpha value is -7.86. The van der Waals surface area contributed by atoms with Crippen LogP contribution in [0.4, 0.5) is 0 Å². The van der Waals surface area contributed by atoms with Gasteiger partial charge in [-0.2, -0.15) is 10.5 Å². The molecule has 0 fully saturated rings. The number of rotatable bonds is 4. The monoisotopic (exact) mass is 699 g/mol. The first kappa shape index (κ1) is 30.7. The van der Waals surface area contributed by atoms with Gasteiger partial charge in [-0.1, -0.05) is 97.1 Å². The largest absolute Gasteiger partial charge is 0.309 e. The summed E-state index contributed by atoms with van der Waals surface area (Å²) >= 11 is 0. The van der Waals surface area contributed by atoms with E-state index in [4.69, 9.17) is 0 Å². The Morgan fingerprint density at radius 3 is 1.42 bits per heavy atom. The zero-order valence-corrected chi connectivity index (χ0v) is 29.5. The second-order valence-corrected chi connectivity index (χ2v) is 14.0. The smallest absolute Gasteiger partial charge is 0.101 e. The Bertz CT molecular complexity index is 3400. The van der Waals surface area contributed by atoms with Gasteiger partial charge in [0.15, 0.2) is 0 Å². The van der Waals surface area contributed by atoms with Crippen molar-refractivity contribution in [1.29, 1.82) is 10.5 Å². The molecule has 0 aliphatic rings. The van der Waals surface area contributed by atoms with E-state index in [1.54, 1.807) is 0 Å². The molecule has 0 aliphatic carbocycles. The molecule has 254 valence electrons. The Kier molecular flexibility index (Phi) is 6.61. The van der Waals surface area contributed by atoms with Gasteiger partial charge in [0.25, 0.3) is 0 Å². The van der Waals surface area contributed by atoms with E-state index in [0.29, 0.717) is 11.1 Å². The van der Waals surface area contributed by atoms with Crippen molar-refractivity contribution in [2.24, 2.45) is 0 Å².